The molecule has 106 valence electrons. The Morgan fingerprint density at radius 1 is 1.15 bits per heavy atom. The van der Waals surface area contributed by atoms with Crippen LogP contribution in [0.15, 0.2) is 42.5 Å². The summed E-state index contributed by atoms with van der Waals surface area (Å²) in [5, 5.41) is 0.776. The highest BCUT2D eigenvalue weighted by Gasteiger charge is 2.11. The van der Waals surface area contributed by atoms with Gasteiger partial charge >= 0.3 is 0 Å². The van der Waals surface area contributed by atoms with Crippen LogP contribution in [0, 0.1) is 0 Å². The summed E-state index contributed by atoms with van der Waals surface area (Å²) >= 11 is 6.13. The van der Waals surface area contributed by atoms with Crippen LogP contribution in [0.3, 0.4) is 0 Å². The number of rotatable bonds is 5. The van der Waals surface area contributed by atoms with Gasteiger partial charge in [0.25, 0.3) is 0 Å². The van der Waals surface area contributed by atoms with E-state index in [1.165, 1.54) is 0 Å². The number of hydrogen-bond donors (Lipinski definition) is 1. The summed E-state index contributed by atoms with van der Waals surface area (Å²) in [6, 6.07) is 13.6. The van der Waals surface area contributed by atoms with Gasteiger partial charge in [0.05, 0.1) is 0 Å². The lowest BCUT2D eigenvalue weighted by molar-refractivity contribution is 0.468. The smallest absolute Gasteiger partial charge is 0.132 e. The van der Waals surface area contributed by atoms with Crippen molar-refractivity contribution >= 4 is 11.6 Å². The first-order valence-corrected chi connectivity index (χ1v) is 7.34. The normalized spacial score (nSPS) is 12.2. The summed E-state index contributed by atoms with van der Waals surface area (Å²) < 4.78 is 5.99. The molecule has 0 saturated carbocycles. The van der Waals surface area contributed by atoms with Crippen LogP contribution in [0.5, 0.6) is 11.5 Å². The van der Waals surface area contributed by atoms with E-state index in [1.54, 1.807) is 0 Å². The molecule has 0 amide bonds. The Labute approximate surface area is 125 Å². The average Bonchev–Trinajstić information content (AvgIpc) is 2.49. The third kappa shape index (κ3) is 3.33. The molecule has 0 saturated heterocycles. The van der Waals surface area contributed by atoms with Gasteiger partial charge in [-0.2, -0.15) is 0 Å². The monoisotopic (exact) mass is 289 g/mol. The minimum Gasteiger partial charge on any atom is -0.457 e. The third-order valence-electron chi connectivity index (χ3n) is 3.38. The number of aryl methyl sites for hydroxylation is 1. The molecule has 2 rings (SSSR count). The van der Waals surface area contributed by atoms with E-state index in [1.807, 2.05) is 42.5 Å². The second kappa shape index (κ2) is 6.78. The lowest BCUT2D eigenvalue weighted by Gasteiger charge is -2.16. The Balaban J connectivity index is 2.30. The predicted molar refractivity (Wildman–Crippen MR) is 84.6 cm³/mol. The Kier molecular flexibility index (Phi) is 5.05. The number of para-hydroxylation sites is 1. The molecule has 0 aromatic heterocycles. The molecule has 3 heteroatoms. The molecule has 0 unspecified atom stereocenters. The highest BCUT2D eigenvalue weighted by Crippen LogP contribution is 2.31. The molecular weight excluding hydrogens is 270 g/mol. The number of halogens is 1. The van der Waals surface area contributed by atoms with Gasteiger partial charge in [0.15, 0.2) is 0 Å². The fourth-order valence-electron chi connectivity index (χ4n) is 2.11. The largest absolute Gasteiger partial charge is 0.457 e. The molecule has 0 heterocycles. The molecule has 0 bridgehead atoms. The van der Waals surface area contributed by atoms with Crippen LogP contribution in [0.2, 0.25) is 5.02 Å². The molecule has 0 fully saturated rings. The van der Waals surface area contributed by atoms with Gasteiger partial charge in [-0.05, 0) is 42.7 Å². The fraction of sp³-hybridized carbons (Fsp3) is 0.294. The maximum Gasteiger partial charge on any atom is 0.132 e. The molecule has 0 aliphatic carbocycles. The topological polar surface area (TPSA) is 35.2 Å². The van der Waals surface area contributed by atoms with Crippen molar-refractivity contribution in [3.63, 3.8) is 0 Å². The zero-order valence-corrected chi connectivity index (χ0v) is 12.7. The van der Waals surface area contributed by atoms with Crippen molar-refractivity contribution in [2.24, 2.45) is 5.73 Å². The van der Waals surface area contributed by atoms with Gasteiger partial charge < -0.3 is 10.5 Å². The second-order valence-electron chi connectivity index (χ2n) is 4.76. The van der Waals surface area contributed by atoms with E-state index in [4.69, 9.17) is 22.1 Å². The van der Waals surface area contributed by atoms with Gasteiger partial charge in [-0.15, -0.1) is 0 Å². The maximum absolute atomic E-state index is 6.13. The van der Waals surface area contributed by atoms with Crippen LogP contribution in [0.1, 0.15) is 37.4 Å². The molecule has 0 aliphatic heterocycles. The first-order valence-electron chi connectivity index (χ1n) is 6.96. The Morgan fingerprint density at radius 2 is 1.90 bits per heavy atom. The van der Waals surface area contributed by atoms with Crippen LogP contribution in [-0.4, -0.2) is 0 Å². The molecular formula is C17H20ClNO. The van der Waals surface area contributed by atoms with Crippen LogP contribution < -0.4 is 10.5 Å². The van der Waals surface area contributed by atoms with Crippen LogP contribution >= 0.6 is 11.6 Å². The zero-order chi connectivity index (χ0) is 14.5. The molecule has 0 aliphatic rings. The van der Waals surface area contributed by atoms with E-state index in [0.717, 1.165) is 40.5 Å². The van der Waals surface area contributed by atoms with Gasteiger partial charge in [-0.1, -0.05) is 43.6 Å². The summed E-state index contributed by atoms with van der Waals surface area (Å²) in [7, 11) is 0. The highest BCUT2D eigenvalue weighted by atomic mass is 35.5. The number of benzene rings is 2. The van der Waals surface area contributed by atoms with Crippen molar-refractivity contribution in [2.45, 2.75) is 32.7 Å². The molecule has 2 nitrogen and oxygen atoms in total. The van der Waals surface area contributed by atoms with Gasteiger partial charge in [-0.25, -0.2) is 0 Å². The number of hydrogen-bond acceptors (Lipinski definition) is 2. The summed E-state index contributed by atoms with van der Waals surface area (Å²) in [6.45, 7) is 4.14. The summed E-state index contributed by atoms with van der Waals surface area (Å²) in [4.78, 5) is 0. The van der Waals surface area contributed by atoms with E-state index in [0.29, 0.717) is 0 Å². The van der Waals surface area contributed by atoms with E-state index >= 15 is 0 Å². The lowest BCUT2D eigenvalue weighted by Crippen LogP contribution is -2.09. The molecule has 0 radical (unpaired) electrons. The van der Waals surface area contributed by atoms with Gasteiger partial charge in [0, 0.05) is 16.6 Å². The lowest BCUT2D eigenvalue weighted by atomic mass is 10.0. The van der Waals surface area contributed by atoms with Gasteiger partial charge in [0.2, 0.25) is 0 Å². The van der Waals surface area contributed by atoms with Crippen molar-refractivity contribution < 1.29 is 4.74 Å². The molecule has 0 spiro atoms. The van der Waals surface area contributed by atoms with E-state index < -0.39 is 0 Å². The third-order valence-corrected chi connectivity index (χ3v) is 3.75. The summed E-state index contributed by atoms with van der Waals surface area (Å²) in [6.07, 6.45) is 1.76. The van der Waals surface area contributed by atoms with Crippen molar-refractivity contribution in [1.29, 1.82) is 0 Å². The quantitative estimate of drug-likeness (QED) is 0.830. The molecule has 2 N–H and O–H groups in total. The second-order valence-corrected chi connectivity index (χ2v) is 5.17. The average molecular weight is 290 g/mol. The summed E-state index contributed by atoms with van der Waals surface area (Å²) in [5.74, 6) is 1.60. The maximum atomic E-state index is 6.13. The SMILES string of the molecule is CCc1cc(Oc2ccccc2[C@H](N)CC)ccc1Cl. The van der Waals surface area contributed by atoms with Crippen LogP contribution in [0.25, 0.3) is 0 Å². The minimum absolute atomic E-state index is 0.0101. The Bertz CT molecular complexity index is 583. The van der Waals surface area contributed by atoms with Gasteiger partial charge in [-0.3, -0.25) is 0 Å². The molecule has 2 aromatic rings. The van der Waals surface area contributed by atoms with E-state index in [9.17, 15) is 0 Å². The molecule has 1 atom stereocenters. The zero-order valence-electron chi connectivity index (χ0n) is 11.9. The first-order chi connectivity index (χ1) is 9.65. The molecule has 2 aromatic carbocycles. The fourth-order valence-corrected chi connectivity index (χ4v) is 2.36. The van der Waals surface area contributed by atoms with Crippen molar-refractivity contribution in [3.05, 3.63) is 58.6 Å². The number of ether oxygens (including phenoxy) is 1. The highest BCUT2D eigenvalue weighted by molar-refractivity contribution is 6.31. The summed E-state index contributed by atoms with van der Waals surface area (Å²) in [5.41, 5.74) is 8.24. The van der Waals surface area contributed by atoms with E-state index in [2.05, 4.69) is 13.8 Å². The van der Waals surface area contributed by atoms with Crippen molar-refractivity contribution in [3.8, 4) is 11.5 Å². The van der Waals surface area contributed by atoms with Crippen LogP contribution in [-0.2, 0) is 6.42 Å². The Morgan fingerprint density at radius 3 is 2.60 bits per heavy atom. The van der Waals surface area contributed by atoms with E-state index in [-0.39, 0.29) is 6.04 Å². The molecule has 20 heavy (non-hydrogen) atoms. The van der Waals surface area contributed by atoms with Crippen LogP contribution in [0.4, 0.5) is 0 Å². The van der Waals surface area contributed by atoms with Crippen molar-refractivity contribution in [2.75, 3.05) is 0 Å². The predicted octanol–water partition coefficient (Wildman–Crippen LogP) is 5.10. The minimum atomic E-state index is -0.0101. The van der Waals surface area contributed by atoms with Crippen molar-refractivity contribution in [1.82, 2.24) is 0 Å². The standard InChI is InChI=1S/C17H20ClNO/c1-3-12-11-13(9-10-15(12)18)20-17-8-6-5-7-14(17)16(19)4-2/h5-11,16H,3-4,19H2,1-2H3/t16-/m1/s1. The number of nitrogens with two attached hydrogens (primary N) is 1. The first kappa shape index (κ1) is 14.9. The van der Waals surface area contributed by atoms with Gasteiger partial charge in [0.1, 0.15) is 11.5 Å². The Hall–Kier alpha value is -1.51.